The molecule has 0 saturated carbocycles. The molecule has 0 aliphatic carbocycles. The zero-order valence-corrected chi connectivity index (χ0v) is 12.5. The lowest BCUT2D eigenvalue weighted by molar-refractivity contribution is 0.0875. The Labute approximate surface area is 131 Å². The lowest BCUT2D eigenvalue weighted by atomic mass is 10.2. The van der Waals surface area contributed by atoms with Gasteiger partial charge in [-0.15, -0.1) is 5.10 Å². The van der Waals surface area contributed by atoms with Crippen LogP contribution in [-0.2, 0) is 6.54 Å². The number of hydrogen-bond acceptors (Lipinski definition) is 6. The molecule has 23 heavy (non-hydrogen) atoms. The van der Waals surface area contributed by atoms with Gasteiger partial charge in [0.25, 0.3) is 5.89 Å². The SMILES string of the molecule is Cc1ccc(OC[C@H](O)Cn2nc(-c3ccco3)oc2=O)cc1. The molecular formula is C16H16N2O5. The Hall–Kier alpha value is -2.80. The fourth-order valence-corrected chi connectivity index (χ4v) is 2.00. The van der Waals surface area contributed by atoms with Crippen molar-refractivity contribution >= 4 is 0 Å². The number of aryl methyl sites for hydroxylation is 1. The minimum absolute atomic E-state index is 0.0328. The van der Waals surface area contributed by atoms with E-state index in [4.69, 9.17) is 13.6 Å². The van der Waals surface area contributed by atoms with Crippen molar-refractivity contribution in [1.82, 2.24) is 9.78 Å². The third-order valence-electron chi connectivity index (χ3n) is 3.19. The average molecular weight is 316 g/mol. The number of rotatable bonds is 6. The number of nitrogens with zero attached hydrogens (tertiary/aromatic N) is 2. The summed E-state index contributed by atoms with van der Waals surface area (Å²) in [4.78, 5) is 11.7. The first kappa shape index (κ1) is 15.1. The van der Waals surface area contributed by atoms with Crippen LogP contribution in [0, 0.1) is 6.92 Å². The van der Waals surface area contributed by atoms with Crippen LogP contribution in [0.4, 0.5) is 0 Å². The summed E-state index contributed by atoms with van der Waals surface area (Å²) < 4.78 is 16.6. The summed E-state index contributed by atoms with van der Waals surface area (Å²) in [6.45, 7) is 1.99. The molecule has 1 aromatic carbocycles. The van der Waals surface area contributed by atoms with E-state index in [-0.39, 0.29) is 19.0 Å². The van der Waals surface area contributed by atoms with Crippen molar-refractivity contribution in [1.29, 1.82) is 0 Å². The van der Waals surface area contributed by atoms with E-state index in [2.05, 4.69) is 5.10 Å². The molecule has 3 rings (SSSR count). The van der Waals surface area contributed by atoms with Crippen molar-refractivity contribution in [3.8, 4) is 17.4 Å². The van der Waals surface area contributed by atoms with E-state index in [1.54, 1.807) is 12.1 Å². The van der Waals surface area contributed by atoms with E-state index in [1.807, 2.05) is 31.2 Å². The highest BCUT2D eigenvalue weighted by molar-refractivity contribution is 5.42. The van der Waals surface area contributed by atoms with Crippen LogP contribution in [0.25, 0.3) is 11.7 Å². The number of aromatic nitrogens is 2. The molecule has 7 nitrogen and oxygen atoms in total. The fraction of sp³-hybridized carbons (Fsp3) is 0.250. The molecule has 120 valence electrons. The Balaban J connectivity index is 1.60. The van der Waals surface area contributed by atoms with Gasteiger partial charge < -0.3 is 18.7 Å². The normalized spacial score (nSPS) is 12.3. The molecule has 0 fully saturated rings. The lowest BCUT2D eigenvalue weighted by Crippen LogP contribution is -2.29. The maximum atomic E-state index is 11.7. The Morgan fingerprint density at radius 1 is 1.30 bits per heavy atom. The van der Waals surface area contributed by atoms with Crippen LogP contribution in [0.1, 0.15) is 5.56 Å². The van der Waals surface area contributed by atoms with Crippen LogP contribution < -0.4 is 10.5 Å². The standard InChI is InChI=1S/C16H16N2O5/c1-11-4-6-13(7-5-11)22-10-12(19)9-18-16(20)23-15(17-18)14-3-2-8-21-14/h2-8,12,19H,9-10H2,1H3/t12-/m1/s1. The van der Waals surface area contributed by atoms with Gasteiger partial charge in [-0.2, -0.15) is 4.68 Å². The van der Waals surface area contributed by atoms with E-state index in [0.29, 0.717) is 11.5 Å². The van der Waals surface area contributed by atoms with Crippen molar-refractivity contribution in [2.75, 3.05) is 6.61 Å². The molecule has 0 saturated heterocycles. The van der Waals surface area contributed by atoms with Gasteiger partial charge in [0.15, 0.2) is 5.76 Å². The summed E-state index contributed by atoms with van der Waals surface area (Å²) in [6.07, 6.45) is 0.557. The minimum Gasteiger partial charge on any atom is -0.491 e. The predicted molar refractivity (Wildman–Crippen MR) is 81.1 cm³/mol. The second-order valence-corrected chi connectivity index (χ2v) is 5.11. The molecule has 3 aromatic rings. The van der Waals surface area contributed by atoms with Gasteiger partial charge >= 0.3 is 5.76 Å². The molecule has 7 heteroatoms. The van der Waals surface area contributed by atoms with Crippen LogP contribution in [0.3, 0.4) is 0 Å². The number of aliphatic hydroxyl groups excluding tert-OH is 1. The second-order valence-electron chi connectivity index (χ2n) is 5.11. The van der Waals surface area contributed by atoms with Crippen molar-refractivity contribution in [2.45, 2.75) is 19.6 Å². The first-order valence-electron chi connectivity index (χ1n) is 7.11. The van der Waals surface area contributed by atoms with Crippen LogP contribution in [0.15, 0.2) is 56.3 Å². The Bertz CT molecular complexity index is 802. The Morgan fingerprint density at radius 2 is 2.09 bits per heavy atom. The van der Waals surface area contributed by atoms with Crippen molar-refractivity contribution < 1.29 is 18.7 Å². The zero-order valence-electron chi connectivity index (χ0n) is 12.5. The van der Waals surface area contributed by atoms with Gasteiger partial charge in [0.05, 0.1) is 12.8 Å². The van der Waals surface area contributed by atoms with Crippen molar-refractivity contribution in [3.63, 3.8) is 0 Å². The maximum absolute atomic E-state index is 11.7. The Morgan fingerprint density at radius 3 is 2.78 bits per heavy atom. The summed E-state index contributed by atoms with van der Waals surface area (Å²) in [7, 11) is 0. The molecule has 1 N–H and O–H groups in total. The molecule has 0 radical (unpaired) electrons. The quantitative estimate of drug-likeness (QED) is 0.746. The van der Waals surface area contributed by atoms with Crippen molar-refractivity contribution in [3.05, 3.63) is 58.8 Å². The summed E-state index contributed by atoms with van der Waals surface area (Å²) in [6, 6.07) is 10.8. The molecular weight excluding hydrogens is 300 g/mol. The molecule has 0 amide bonds. The first-order valence-corrected chi connectivity index (χ1v) is 7.11. The van der Waals surface area contributed by atoms with Crippen LogP contribution in [0.5, 0.6) is 5.75 Å². The number of furan rings is 1. The summed E-state index contributed by atoms with van der Waals surface area (Å²) >= 11 is 0. The molecule has 0 aliphatic heterocycles. The van der Waals surface area contributed by atoms with E-state index >= 15 is 0 Å². The smallest absolute Gasteiger partial charge is 0.437 e. The van der Waals surface area contributed by atoms with E-state index in [1.165, 1.54) is 6.26 Å². The number of benzene rings is 1. The fourth-order valence-electron chi connectivity index (χ4n) is 2.00. The predicted octanol–water partition coefficient (Wildman–Crippen LogP) is 1.84. The van der Waals surface area contributed by atoms with Crippen LogP contribution in [0.2, 0.25) is 0 Å². The van der Waals surface area contributed by atoms with Gasteiger partial charge in [-0.25, -0.2) is 4.79 Å². The molecule has 1 atom stereocenters. The highest BCUT2D eigenvalue weighted by Gasteiger charge is 2.15. The van der Waals surface area contributed by atoms with Gasteiger partial charge in [0, 0.05) is 0 Å². The van der Waals surface area contributed by atoms with E-state index in [0.717, 1.165) is 10.2 Å². The summed E-state index contributed by atoms with van der Waals surface area (Å²) in [5.41, 5.74) is 1.12. The zero-order chi connectivity index (χ0) is 16.2. The highest BCUT2D eigenvalue weighted by atomic mass is 16.5. The van der Waals surface area contributed by atoms with Gasteiger partial charge in [-0.05, 0) is 31.2 Å². The van der Waals surface area contributed by atoms with Crippen LogP contribution >= 0.6 is 0 Å². The third kappa shape index (κ3) is 3.70. The van der Waals surface area contributed by atoms with Crippen LogP contribution in [-0.4, -0.2) is 27.6 Å². The van der Waals surface area contributed by atoms with Gasteiger partial charge in [0.1, 0.15) is 18.5 Å². The van der Waals surface area contributed by atoms with Gasteiger partial charge in [-0.1, -0.05) is 17.7 Å². The largest absolute Gasteiger partial charge is 0.491 e. The number of ether oxygens (including phenoxy) is 1. The molecule has 2 heterocycles. The minimum atomic E-state index is -0.899. The third-order valence-corrected chi connectivity index (χ3v) is 3.19. The highest BCUT2D eigenvalue weighted by Crippen LogP contribution is 2.15. The summed E-state index contributed by atoms with van der Waals surface area (Å²) in [5.74, 6) is 0.419. The maximum Gasteiger partial charge on any atom is 0.437 e. The van der Waals surface area contributed by atoms with Gasteiger partial charge in [-0.3, -0.25) is 0 Å². The molecule has 2 aromatic heterocycles. The van der Waals surface area contributed by atoms with Crippen molar-refractivity contribution in [2.24, 2.45) is 0 Å². The van der Waals surface area contributed by atoms with E-state index in [9.17, 15) is 9.90 Å². The first-order chi connectivity index (χ1) is 11.1. The molecule has 0 spiro atoms. The molecule has 0 bridgehead atoms. The van der Waals surface area contributed by atoms with Gasteiger partial charge in [0.2, 0.25) is 0 Å². The second kappa shape index (κ2) is 6.53. The van der Waals surface area contributed by atoms with E-state index < -0.39 is 11.9 Å². The number of aliphatic hydroxyl groups is 1. The molecule has 0 aliphatic rings. The average Bonchev–Trinajstić information content (AvgIpc) is 3.17. The monoisotopic (exact) mass is 316 g/mol. The summed E-state index contributed by atoms with van der Waals surface area (Å²) in [5, 5.41) is 14.0. The lowest BCUT2D eigenvalue weighted by Gasteiger charge is -2.11. The molecule has 0 unspecified atom stereocenters. The topological polar surface area (TPSA) is 90.6 Å². The Kier molecular flexibility index (Phi) is 4.29. The number of hydrogen-bond donors (Lipinski definition) is 1.